The summed E-state index contributed by atoms with van der Waals surface area (Å²) in [5.74, 6) is -6.36. The van der Waals surface area contributed by atoms with Gasteiger partial charge in [-0.2, -0.15) is 0 Å². The summed E-state index contributed by atoms with van der Waals surface area (Å²) in [6, 6.07) is -1.14. The highest BCUT2D eigenvalue weighted by Gasteiger charge is 2.51. The zero-order chi connectivity index (χ0) is 47.6. The Morgan fingerprint density at radius 2 is 1.27 bits per heavy atom. The van der Waals surface area contributed by atoms with E-state index in [4.69, 9.17) is 24.7 Å². The van der Waals surface area contributed by atoms with E-state index in [1.54, 1.807) is 50.3 Å². The normalized spacial score (nSPS) is 44.8. The van der Waals surface area contributed by atoms with Crippen LogP contribution in [0.1, 0.15) is 85.5 Å². The predicted molar refractivity (Wildman–Crippen MR) is 236 cm³/mol. The number of aliphatic hydroxyl groups is 9. The number of aliphatic carboxylic acids is 1. The molecule has 0 radical (unpaired) electrons. The Bertz CT molecular complexity index is 1630. The molecule has 0 spiro atoms. The van der Waals surface area contributed by atoms with Crippen LogP contribution in [0.3, 0.4) is 0 Å². The van der Waals surface area contributed by atoms with Gasteiger partial charge in [0.05, 0.1) is 67.1 Å². The Morgan fingerprint density at radius 1 is 0.688 bits per heavy atom. The molecule has 3 aliphatic heterocycles. The van der Waals surface area contributed by atoms with Gasteiger partial charge in [-0.1, -0.05) is 98.9 Å². The van der Waals surface area contributed by atoms with Crippen molar-refractivity contribution in [3.8, 4) is 0 Å². The number of carbonyl (C=O) groups is 2. The average Bonchev–Trinajstić information content (AvgIpc) is 3.22. The molecule has 17 heteroatoms. The molecule has 0 aromatic rings. The van der Waals surface area contributed by atoms with Crippen LogP contribution in [0.4, 0.5) is 0 Å². The number of hydrogen-bond donors (Lipinski definition) is 11. The molecule has 5 unspecified atom stereocenters. The van der Waals surface area contributed by atoms with Gasteiger partial charge in [0, 0.05) is 43.9 Å². The summed E-state index contributed by atoms with van der Waals surface area (Å²) in [7, 11) is 0. The molecule has 2 bridgehead atoms. The van der Waals surface area contributed by atoms with E-state index in [9.17, 15) is 60.7 Å². The van der Waals surface area contributed by atoms with Gasteiger partial charge in [-0.25, -0.2) is 0 Å². The lowest BCUT2D eigenvalue weighted by Crippen LogP contribution is -2.61. The van der Waals surface area contributed by atoms with Crippen LogP contribution >= 0.6 is 0 Å². The van der Waals surface area contributed by atoms with Crippen LogP contribution < -0.4 is 5.73 Å². The maximum absolute atomic E-state index is 12.6. The molecule has 18 atom stereocenters. The van der Waals surface area contributed by atoms with Crippen molar-refractivity contribution in [2.75, 3.05) is 0 Å². The molecule has 64 heavy (non-hydrogen) atoms. The van der Waals surface area contributed by atoms with Gasteiger partial charge < -0.3 is 75.7 Å². The monoisotopic (exact) mass is 907 g/mol. The Balaban J connectivity index is 1.84. The smallest absolute Gasteiger partial charge is 0.311 e. The fraction of sp³-hybridized carbons (Fsp3) is 0.660. The van der Waals surface area contributed by atoms with Crippen molar-refractivity contribution in [2.45, 2.75) is 177 Å². The molecule has 0 amide bonds. The van der Waals surface area contributed by atoms with E-state index >= 15 is 0 Å². The molecule has 3 aliphatic rings. The number of carbonyl (C=O) groups excluding carboxylic acids is 1. The van der Waals surface area contributed by atoms with Crippen molar-refractivity contribution in [3.63, 3.8) is 0 Å². The minimum absolute atomic E-state index is 0.0209. The first-order chi connectivity index (χ1) is 30.2. The third-order valence-electron chi connectivity index (χ3n) is 12.0. The molecular weight excluding hydrogens is 835 g/mol. The van der Waals surface area contributed by atoms with E-state index < -0.39 is 128 Å². The van der Waals surface area contributed by atoms with Gasteiger partial charge in [-0.05, 0) is 39.5 Å². The number of fused-ring (bicyclic) bond motifs is 2. The van der Waals surface area contributed by atoms with Crippen molar-refractivity contribution in [1.82, 2.24) is 0 Å². The van der Waals surface area contributed by atoms with Crippen LogP contribution in [0.5, 0.6) is 0 Å². The Morgan fingerprint density at radius 3 is 1.86 bits per heavy atom. The summed E-state index contributed by atoms with van der Waals surface area (Å²) in [5, 5.41) is 108. The highest BCUT2D eigenvalue weighted by Crippen LogP contribution is 2.38. The quantitative estimate of drug-likeness (QED) is 0.180. The minimum atomic E-state index is -2.29. The SMILES string of the molecule is CC1OC(O[C@H]2/C=C/C=C/C=C/C=C/C=C/C=C/C=C/[C@H](C)[C@@H](O)[C@@H](C)[C@H](C)OC(=O)CCC[C@H](O)CC[C@@H](O)[C@H](O)C[C@H](O)C[C@]3(O)C[C@H](O)[C@@H](C(=O)O)[C@H](C2)O3)C(O)C(N)C1O. The molecule has 0 aromatic heterocycles. The number of rotatable bonds is 3. The lowest BCUT2D eigenvalue weighted by Gasteiger charge is -2.45. The number of aliphatic hydroxyl groups excluding tert-OH is 8. The highest BCUT2D eigenvalue weighted by atomic mass is 16.7. The number of ether oxygens (including phenoxy) is 4. The zero-order valence-electron chi connectivity index (χ0n) is 37.3. The number of esters is 1. The first kappa shape index (κ1) is 54.9. The molecule has 0 aromatic carbocycles. The Kier molecular flexibility index (Phi) is 23.4. The van der Waals surface area contributed by atoms with Gasteiger partial charge >= 0.3 is 11.9 Å². The molecule has 0 saturated carbocycles. The number of nitrogens with two attached hydrogens (primary N) is 1. The molecular formula is C47H73NO16. The molecule has 2 fully saturated rings. The lowest BCUT2D eigenvalue weighted by atomic mass is 9.82. The second-order valence-corrected chi connectivity index (χ2v) is 17.4. The van der Waals surface area contributed by atoms with Crippen LogP contribution in [-0.4, -0.2) is 154 Å². The summed E-state index contributed by atoms with van der Waals surface area (Å²) >= 11 is 0. The van der Waals surface area contributed by atoms with Crippen molar-refractivity contribution >= 4 is 11.9 Å². The average molecular weight is 908 g/mol. The molecule has 3 rings (SSSR count). The Hall–Kier alpha value is -3.40. The molecule has 2 saturated heterocycles. The number of allylic oxidation sites excluding steroid dienone is 12. The first-order valence-corrected chi connectivity index (χ1v) is 22.2. The van der Waals surface area contributed by atoms with Crippen LogP contribution in [0.2, 0.25) is 0 Å². The van der Waals surface area contributed by atoms with Crippen LogP contribution in [-0.2, 0) is 28.5 Å². The predicted octanol–water partition coefficient (Wildman–Crippen LogP) is 1.74. The molecule has 17 nitrogen and oxygen atoms in total. The zero-order valence-corrected chi connectivity index (χ0v) is 37.3. The van der Waals surface area contributed by atoms with Gasteiger partial charge in [-0.15, -0.1) is 0 Å². The lowest BCUT2D eigenvalue weighted by molar-refractivity contribution is -0.308. The van der Waals surface area contributed by atoms with Crippen LogP contribution in [0.15, 0.2) is 85.1 Å². The van der Waals surface area contributed by atoms with Crippen molar-refractivity contribution in [2.24, 2.45) is 23.5 Å². The van der Waals surface area contributed by atoms with E-state index in [0.717, 1.165) is 0 Å². The number of hydrogen-bond acceptors (Lipinski definition) is 16. The molecule has 12 N–H and O–H groups in total. The second-order valence-electron chi connectivity index (χ2n) is 17.4. The van der Waals surface area contributed by atoms with E-state index in [1.807, 2.05) is 49.5 Å². The largest absolute Gasteiger partial charge is 0.481 e. The fourth-order valence-electron chi connectivity index (χ4n) is 7.90. The molecule has 0 aliphatic carbocycles. The van der Waals surface area contributed by atoms with E-state index in [1.165, 1.54) is 13.0 Å². The van der Waals surface area contributed by atoms with E-state index in [-0.39, 0.29) is 50.4 Å². The maximum atomic E-state index is 12.6. The topological polar surface area (TPSA) is 299 Å². The maximum Gasteiger partial charge on any atom is 0.311 e. The van der Waals surface area contributed by atoms with Crippen LogP contribution in [0.25, 0.3) is 0 Å². The van der Waals surface area contributed by atoms with Crippen molar-refractivity contribution in [1.29, 1.82) is 0 Å². The minimum Gasteiger partial charge on any atom is -0.481 e. The van der Waals surface area contributed by atoms with Gasteiger partial charge in [0.1, 0.15) is 18.1 Å². The van der Waals surface area contributed by atoms with Gasteiger partial charge in [0.2, 0.25) is 0 Å². The third kappa shape index (κ3) is 18.1. The summed E-state index contributed by atoms with van der Waals surface area (Å²) < 4.78 is 23.3. The van der Waals surface area contributed by atoms with Crippen molar-refractivity contribution in [3.05, 3.63) is 85.1 Å². The van der Waals surface area contributed by atoms with Crippen LogP contribution in [0, 0.1) is 17.8 Å². The van der Waals surface area contributed by atoms with Gasteiger partial charge in [0.25, 0.3) is 0 Å². The Labute approximate surface area is 376 Å². The van der Waals surface area contributed by atoms with Gasteiger partial charge in [-0.3, -0.25) is 9.59 Å². The fourth-order valence-corrected chi connectivity index (χ4v) is 7.90. The number of carboxylic acids is 1. The highest BCUT2D eigenvalue weighted by molar-refractivity contribution is 5.71. The molecule has 362 valence electrons. The summed E-state index contributed by atoms with van der Waals surface area (Å²) in [6.07, 6.45) is 7.41. The summed E-state index contributed by atoms with van der Waals surface area (Å²) in [5.41, 5.74) is 6.02. The van der Waals surface area contributed by atoms with Crippen molar-refractivity contribution < 1.29 is 79.6 Å². The standard InChI is InChI=1S/C47H73NO16/c1-28-18-15-13-11-9-7-5-6-8-10-12-14-16-20-34(63-46-44(57)41(48)43(56)31(4)62-46)25-38-40(45(58)59)37(53)27-47(60,64-38)26-33(50)24-36(52)35(51)23-22-32(49)19-17-21-39(54)61-30(3)29(2)42(28)55/h5-16,18,20,28-38,40-44,46,49-53,55-57,60H,17,19,21-27,48H2,1-4H3,(H,58,59)/b6-5+,9-7+,10-8+,13-11+,14-12+,18-15+,20-16+/t28-,29-,30-,31?,32-,33-,34-,35+,36+,37-,38-,40+,41?,42+,43?,44?,46?,47+/m0/s1. The second kappa shape index (κ2) is 27.3. The van der Waals surface area contributed by atoms with E-state index in [2.05, 4.69) is 0 Å². The number of carboxylic acid groups (broad SMARTS) is 1. The third-order valence-corrected chi connectivity index (χ3v) is 12.0. The number of cyclic esters (lactones) is 1. The molecule has 3 heterocycles. The summed E-state index contributed by atoms with van der Waals surface area (Å²) in [4.78, 5) is 25.0. The first-order valence-electron chi connectivity index (χ1n) is 22.2. The van der Waals surface area contributed by atoms with Gasteiger partial charge in [0.15, 0.2) is 12.1 Å². The van der Waals surface area contributed by atoms with E-state index in [0.29, 0.717) is 0 Å². The summed E-state index contributed by atoms with van der Waals surface area (Å²) in [6.45, 7) is 6.92.